The largest absolute Gasteiger partial charge is 0.424 e. The summed E-state index contributed by atoms with van der Waals surface area (Å²) < 4.78 is 5.97. The summed E-state index contributed by atoms with van der Waals surface area (Å²) in [7, 11) is 0. The average molecular weight is 484 g/mol. The molecule has 1 atom stereocenters. The Hall–Kier alpha value is -4.15. The Balaban J connectivity index is 1.03. The lowest BCUT2D eigenvalue weighted by atomic mass is 10.1. The molecule has 1 aliphatic heterocycles. The lowest BCUT2D eigenvalue weighted by Crippen LogP contribution is -2.37. The lowest BCUT2D eigenvalue weighted by molar-refractivity contribution is -0.131. The molecule has 0 saturated carbocycles. The third-order valence-corrected chi connectivity index (χ3v) is 7.41. The normalized spacial score (nSPS) is 18.7. The van der Waals surface area contributed by atoms with Crippen LogP contribution < -0.4 is 5.32 Å². The highest BCUT2D eigenvalue weighted by Crippen LogP contribution is 2.36. The molecule has 182 valence electrons. The smallest absolute Gasteiger partial charge is 0.232 e. The summed E-state index contributed by atoms with van der Waals surface area (Å²) in [6.45, 7) is 1.05. The first-order valence-corrected chi connectivity index (χ1v) is 12.4. The monoisotopic (exact) mass is 483 g/mol. The number of anilines is 1. The highest BCUT2D eigenvalue weighted by molar-refractivity contribution is 5.78. The van der Waals surface area contributed by atoms with E-state index in [0.717, 1.165) is 48.3 Å². The van der Waals surface area contributed by atoms with Crippen molar-refractivity contribution in [1.82, 2.24) is 40.5 Å². The van der Waals surface area contributed by atoms with E-state index in [1.54, 1.807) is 4.90 Å². The molecule has 3 aliphatic rings. The molecule has 0 fully saturated rings. The molecular formula is C25H25N9O2. The summed E-state index contributed by atoms with van der Waals surface area (Å²) >= 11 is 0. The molecule has 3 aromatic heterocycles. The van der Waals surface area contributed by atoms with Crippen molar-refractivity contribution in [2.75, 3.05) is 11.9 Å². The van der Waals surface area contributed by atoms with Crippen molar-refractivity contribution in [1.29, 1.82) is 0 Å². The van der Waals surface area contributed by atoms with Crippen LogP contribution in [0.1, 0.15) is 57.9 Å². The van der Waals surface area contributed by atoms with E-state index in [9.17, 15) is 4.79 Å². The zero-order chi connectivity index (χ0) is 24.1. The first kappa shape index (κ1) is 21.2. The highest BCUT2D eigenvalue weighted by atomic mass is 16.4. The van der Waals surface area contributed by atoms with Gasteiger partial charge in [-0.1, -0.05) is 24.3 Å². The topological polar surface area (TPSA) is 139 Å². The van der Waals surface area contributed by atoms with E-state index in [-0.39, 0.29) is 24.3 Å². The third kappa shape index (κ3) is 3.80. The van der Waals surface area contributed by atoms with Crippen molar-refractivity contribution in [3.63, 3.8) is 0 Å². The van der Waals surface area contributed by atoms with E-state index >= 15 is 0 Å². The summed E-state index contributed by atoms with van der Waals surface area (Å²) in [4.78, 5) is 24.0. The Bertz CT molecular complexity index is 1420. The third-order valence-electron chi connectivity index (χ3n) is 7.41. The van der Waals surface area contributed by atoms with Gasteiger partial charge in [-0.3, -0.25) is 4.79 Å². The van der Waals surface area contributed by atoms with Crippen molar-refractivity contribution >= 4 is 11.9 Å². The van der Waals surface area contributed by atoms with Crippen LogP contribution >= 0.6 is 0 Å². The van der Waals surface area contributed by atoms with Gasteiger partial charge in [-0.15, -0.1) is 10.2 Å². The highest BCUT2D eigenvalue weighted by Gasteiger charge is 2.32. The van der Waals surface area contributed by atoms with Crippen LogP contribution in [0.15, 0.2) is 34.9 Å². The molecule has 0 bridgehead atoms. The maximum atomic E-state index is 12.8. The second-order valence-corrected chi connectivity index (χ2v) is 9.71. The van der Waals surface area contributed by atoms with E-state index in [4.69, 9.17) is 9.40 Å². The Morgan fingerprint density at radius 2 is 1.92 bits per heavy atom. The van der Waals surface area contributed by atoms with Crippen LogP contribution in [0.25, 0.3) is 0 Å². The van der Waals surface area contributed by atoms with Crippen LogP contribution in [-0.2, 0) is 43.4 Å². The minimum absolute atomic E-state index is 0.0583. The molecule has 1 amide bonds. The fourth-order valence-corrected chi connectivity index (χ4v) is 5.54. The fourth-order valence-electron chi connectivity index (χ4n) is 5.54. The summed E-state index contributed by atoms with van der Waals surface area (Å²) in [5.74, 6) is 1.31. The zero-order valence-electron chi connectivity index (χ0n) is 19.6. The van der Waals surface area contributed by atoms with Gasteiger partial charge in [0.2, 0.25) is 23.6 Å². The number of nitrogens with one attached hydrogen (secondary N) is 2. The lowest BCUT2D eigenvalue weighted by Gasteiger charge is -2.24. The van der Waals surface area contributed by atoms with Gasteiger partial charge in [0.25, 0.3) is 0 Å². The maximum absolute atomic E-state index is 12.8. The number of benzene rings is 1. The number of carbonyl (C=O) groups is 1. The quantitative estimate of drug-likeness (QED) is 0.435. The molecule has 4 heterocycles. The number of H-pyrrole nitrogens is 1. The van der Waals surface area contributed by atoms with Crippen molar-refractivity contribution in [3.8, 4) is 0 Å². The van der Waals surface area contributed by atoms with E-state index < -0.39 is 0 Å². The Morgan fingerprint density at radius 1 is 1.08 bits per heavy atom. The molecule has 11 heteroatoms. The molecule has 1 unspecified atom stereocenters. The number of hydrogen-bond donors (Lipinski definition) is 2. The summed E-state index contributed by atoms with van der Waals surface area (Å²) in [5, 5.41) is 22.8. The van der Waals surface area contributed by atoms with Gasteiger partial charge < -0.3 is 14.6 Å². The van der Waals surface area contributed by atoms with Crippen LogP contribution in [0.3, 0.4) is 0 Å². The summed E-state index contributed by atoms with van der Waals surface area (Å²) in [6.07, 6.45) is 6.29. The molecule has 0 spiro atoms. The molecule has 2 N–H and O–H groups in total. The number of nitrogens with zero attached hydrogens (tertiary/aromatic N) is 7. The molecule has 4 aromatic rings. The SMILES string of the molecule is O=C(Cc1nnc(C2CCc3cnc(NC4Cc5ccccc5C4)nc32)o1)N1CCc2n[nH]nc2C1. The first-order valence-electron chi connectivity index (χ1n) is 12.4. The van der Waals surface area contributed by atoms with Gasteiger partial charge in [0, 0.05) is 25.2 Å². The number of fused-ring (bicyclic) bond motifs is 3. The number of aromatic amines is 1. The number of amides is 1. The minimum Gasteiger partial charge on any atom is -0.424 e. The van der Waals surface area contributed by atoms with Crippen molar-refractivity contribution in [2.24, 2.45) is 0 Å². The van der Waals surface area contributed by atoms with Gasteiger partial charge in [-0.2, -0.15) is 15.4 Å². The first-order chi connectivity index (χ1) is 17.7. The van der Waals surface area contributed by atoms with Gasteiger partial charge in [-0.05, 0) is 42.4 Å². The van der Waals surface area contributed by atoms with Crippen LogP contribution in [0.2, 0.25) is 0 Å². The van der Waals surface area contributed by atoms with Gasteiger partial charge in [-0.25, -0.2) is 9.97 Å². The number of hydrogen-bond acceptors (Lipinski definition) is 9. The molecule has 2 aliphatic carbocycles. The van der Waals surface area contributed by atoms with Crippen molar-refractivity contribution in [3.05, 3.63) is 76.0 Å². The minimum atomic E-state index is -0.0895. The van der Waals surface area contributed by atoms with E-state index in [1.165, 1.54) is 11.1 Å². The molecule has 1 aromatic carbocycles. The Kier molecular flexibility index (Phi) is 5.00. The molecule has 36 heavy (non-hydrogen) atoms. The van der Waals surface area contributed by atoms with Gasteiger partial charge >= 0.3 is 0 Å². The van der Waals surface area contributed by atoms with Crippen LogP contribution in [0, 0.1) is 0 Å². The number of aromatic nitrogens is 7. The van der Waals surface area contributed by atoms with Crippen molar-refractivity contribution in [2.45, 2.75) is 57.0 Å². The molecule has 7 rings (SSSR count). The Morgan fingerprint density at radius 3 is 2.78 bits per heavy atom. The number of carbonyl (C=O) groups excluding carboxylic acids is 1. The second-order valence-electron chi connectivity index (χ2n) is 9.71. The predicted octanol–water partition coefficient (Wildman–Crippen LogP) is 1.76. The number of aryl methyl sites for hydroxylation is 1. The number of rotatable bonds is 5. The van der Waals surface area contributed by atoms with Gasteiger partial charge in [0.1, 0.15) is 12.1 Å². The molecule has 0 saturated heterocycles. The van der Waals surface area contributed by atoms with Crippen molar-refractivity contribution < 1.29 is 9.21 Å². The van der Waals surface area contributed by atoms with E-state index in [2.05, 4.69) is 60.2 Å². The fraction of sp³-hybridized carbons (Fsp3) is 0.400. The van der Waals surface area contributed by atoms with Gasteiger partial charge in [0.05, 0.1) is 23.9 Å². The van der Waals surface area contributed by atoms with Crippen LogP contribution in [-0.4, -0.2) is 59.0 Å². The molecular weight excluding hydrogens is 458 g/mol. The second kappa shape index (κ2) is 8.51. The zero-order valence-corrected chi connectivity index (χ0v) is 19.6. The summed E-state index contributed by atoms with van der Waals surface area (Å²) in [6, 6.07) is 8.83. The standard InChI is InChI=1S/C25H25N9O2/c35-22(34-8-7-19-20(13-34)30-33-29-19)11-21-31-32-24(36-21)18-6-5-16-12-26-25(28-23(16)18)27-17-9-14-3-1-2-4-15(14)10-17/h1-4,12,17-18H,5-11,13H2,(H,26,27,28)(H,29,30,33). The predicted molar refractivity (Wildman–Crippen MR) is 127 cm³/mol. The maximum Gasteiger partial charge on any atom is 0.232 e. The summed E-state index contributed by atoms with van der Waals surface area (Å²) in [5.41, 5.74) is 6.54. The van der Waals surface area contributed by atoms with E-state index in [0.29, 0.717) is 37.2 Å². The average Bonchev–Trinajstić information content (AvgIpc) is 3.68. The Labute approximate surface area is 206 Å². The molecule has 11 nitrogen and oxygen atoms in total. The van der Waals surface area contributed by atoms with E-state index in [1.807, 2.05) is 6.20 Å². The van der Waals surface area contributed by atoms with Gasteiger partial charge in [0.15, 0.2) is 0 Å². The molecule has 0 radical (unpaired) electrons. The van der Waals surface area contributed by atoms with Crippen LogP contribution in [0.5, 0.6) is 0 Å². The van der Waals surface area contributed by atoms with Crippen LogP contribution in [0.4, 0.5) is 5.95 Å².